The summed E-state index contributed by atoms with van der Waals surface area (Å²) in [5, 5.41) is 14.4. The highest BCUT2D eigenvalue weighted by Crippen LogP contribution is 2.35. The molecular weight excluding hydrogens is 451 g/mol. The van der Waals surface area contributed by atoms with Gasteiger partial charge in [0.05, 0.1) is 24.7 Å². The number of hydrogen-bond donors (Lipinski definition) is 0. The van der Waals surface area contributed by atoms with Crippen molar-refractivity contribution in [3.63, 3.8) is 0 Å². The summed E-state index contributed by atoms with van der Waals surface area (Å²) in [5.74, 6) is -1.58. The number of carbonyl (C=O) groups is 1. The van der Waals surface area contributed by atoms with Gasteiger partial charge in [0.2, 0.25) is 12.5 Å². The van der Waals surface area contributed by atoms with Crippen LogP contribution in [-0.4, -0.2) is 42.6 Å². The largest absolute Gasteiger partial charge is 0.478 e. The first-order chi connectivity index (χ1) is 14.6. The standard InChI is InChI=1S/C17H13ClF3N3O7/c1-28-14(25)8-30-23-15(29-2)11-6-10(3-4-13(11)24(26)27)31-16-12(18)5-9(7-22-16)17(19,20)21/h3-7H,8H2,1-2H3. The number of halogens is 4. The van der Waals surface area contributed by atoms with E-state index < -0.39 is 39.9 Å². The van der Waals surface area contributed by atoms with Gasteiger partial charge in [0, 0.05) is 18.3 Å². The first kappa shape index (κ1) is 23.7. The minimum atomic E-state index is -4.65. The topological polar surface area (TPSA) is 122 Å². The van der Waals surface area contributed by atoms with Crippen LogP contribution in [0.25, 0.3) is 0 Å². The summed E-state index contributed by atoms with van der Waals surface area (Å²) >= 11 is 5.80. The Hall–Kier alpha value is -3.61. The van der Waals surface area contributed by atoms with E-state index in [1.807, 2.05) is 0 Å². The smallest absolute Gasteiger partial charge is 0.417 e. The van der Waals surface area contributed by atoms with Crippen LogP contribution in [0.2, 0.25) is 5.02 Å². The maximum atomic E-state index is 12.7. The molecule has 0 saturated heterocycles. The van der Waals surface area contributed by atoms with Crippen LogP contribution < -0.4 is 4.74 Å². The van der Waals surface area contributed by atoms with Crippen LogP contribution in [-0.2, 0) is 25.3 Å². The first-order valence-electron chi connectivity index (χ1n) is 8.07. The Morgan fingerprint density at radius 1 is 1.26 bits per heavy atom. The number of pyridine rings is 1. The highest BCUT2D eigenvalue weighted by molar-refractivity contribution is 6.31. The minimum absolute atomic E-state index is 0.0764. The summed E-state index contributed by atoms with van der Waals surface area (Å²) in [5.41, 5.74) is -1.75. The van der Waals surface area contributed by atoms with Gasteiger partial charge in [-0.05, 0) is 17.3 Å². The molecule has 1 aromatic carbocycles. The van der Waals surface area contributed by atoms with E-state index in [1.54, 1.807) is 0 Å². The van der Waals surface area contributed by atoms with E-state index in [4.69, 9.17) is 25.9 Å². The Balaban J connectivity index is 2.38. The summed E-state index contributed by atoms with van der Waals surface area (Å²) < 4.78 is 52.9. The third kappa shape index (κ3) is 6.18. The zero-order valence-electron chi connectivity index (χ0n) is 15.8. The summed E-state index contributed by atoms with van der Waals surface area (Å²) in [6.07, 6.45) is -4.13. The van der Waals surface area contributed by atoms with Gasteiger partial charge in [0.1, 0.15) is 16.3 Å². The first-order valence-corrected chi connectivity index (χ1v) is 8.44. The average molecular weight is 464 g/mol. The van der Waals surface area contributed by atoms with Gasteiger partial charge in [0.15, 0.2) is 0 Å². The predicted octanol–water partition coefficient (Wildman–Crippen LogP) is 3.95. The number of nitro groups is 1. The van der Waals surface area contributed by atoms with Crippen molar-refractivity contribution in [1.29, 1.82) is 0 Å². The van der Waals surface area contributed by atoms with Gasteiger partial charge in [-0.15, -0.1) is 0 Å². The van der Waals surface area contributed by atoms with Crippen molar-refractivity contribution >= 4 is 29.2 Å². The molecule has 0 aliphatic heterocycles. The maximum Gasteiger partial charge on any atom is 0.417 e. The summed E-state index contributed by atoms with van der Waals surface area (Å²) in [7, 11) is 2.27. The van der Waals surface area contributed by atoms with Crippen molar-refractivity contribution in [2.75, 3.05) is 20.8 Å². The zero-order chi connectivity index (χ0) is 23.2. The molecule has 0 amide bonds. The number of benzene rings is 1. The molecule has 0 aliphatic rings. The summed E-state index contributed by atoms with van der Waals surface area (Å²) in [6, 6.07) is 3.94. The lowest BCUT2D eigenvalue weighted by Gasteiger charge is -2.11. The molecule has 2 aromatic rings. The fourth-order valence-electron chi connectivity index (χ4n) is 2.08. The SMILES string of the molecule is COC(=O)CON=C(OC)c1cc(Oc2ncc(C(F)(F)F)cc2Cl)ccc1[N+](=O)[O-]. The highest BCUT2D eigenvalue weighted by atomic mass is 35.5. The molecule has 1 aromatic heterocycles. The van der Waals surface area contributed by atoms with Gasteiger partial charge < -0.3 is 19.0 Å². The van der Waals surface area contributed by atoms with Crippen LogP contribution in [0.3, 0.4) is 0 Å². The van der Waals surface area contributed by atoms with Crippen molar-refractivity contribution in [2.45, 2.75) is 6.18 Å². The second kappa shape index (κ2) is 9.93. The number of hydrogen-bond acceptors (Lipinski definition) is 9. The lowest BCUT2D eigenvalue weighted by Crippen LogP contribution is -2.12. The Morgan fingerprint density at radius 3 is 2.52 bits per heavy atom. The number of methoxy groups -OCH3 is 2. The van der Waals surface area contributed by atoms with E-state index in [0.717, 1.165) is 26.4 Å². The summed E-state index contributed by atoms with van der Waals surface area (Å²) in [6.45, 7) is -0.585. The number of nitrogens with zero attached hydrogens (tertiary/aromatic N) is 3. The molecule has 0 fully saturated rings. The second-order valence-corrected chi connectivity index (χ2v) is 5.90. The third-order valence-electron chi connectivity index (χ3n) is 3.50. The predicted molar refractivity (Wildman–Crippen MR) is 98.9 cm³/mol. The van der Waals surface area contributed by atoms with E-state index in [-0.39, 0.29) is 23.1 Å². The number of carbonyl (C=O) groups excluding carboxylic acids is 1. The lowest BCUT2D eigenvalue weighted by molar-refractivity contribution is -0.385. The van der Waals surface area contributed by atoms with Gasteiger partial charge in [-0.1, -0.05) is 11.6 Å². The third-order valence-corrected chi connectivity index (χ3v) is 3.77. The molecular formula is C17H13ClF3N3O7. The maximum absolute atomic E-state index is 12.7. The van der Waals surface area contributed by atoms with Crippen molar-refractivity contribution in [3.05, 3.63) is 56.7 Å². The van der Waals surface area contributed by atoms with Crippen LogP contribution in [0.15, 0.2) is 35.6 Å². The molecule has 0 saturated carbocycles. The van der Waals surface area contributed by atoms with Crippen molar-refractivity contribution in [3.8, 4) is 11.6 Å². The van der Waals surface area contributed by atoms with Crippen LogP contribution in [0, 0.1) is 10.1 Å². The van der Waals surface area contributed by atoms with Gasteiger partial charge in [0.25, 0.3) is 11.6 Å². The molecule has 31 heavy (non-hydrogen) atoms. The monoisotopic (exact) mass is 463 g/mol. The Morgan fingerprint density at radius 2 is 1.97 bits per heavy atom. The number of aromatic nitrogens is 1. The molecule has 10 nitrogen and oxygen atoms in total. The number of oxime groups is 1. The highest BCUT2D eigenvalue weighted by Gasteiger charge is 2.32. The molecule has 2 rings (SSSR count). The number of nitro benzene ring substituents is 1. The molecule has 0 spiro atoms. The van der Waals surface area contributed by atoms with Crippen molar-refractivity contribution in [1.82, 2.24) is 4.98 Å². The van der Waals surface area contributed by atoms with E-state index >= 15 is 0 Å². The van der Waals surface area contributed by atoms with E-state index in [0.29, 0.717) is 12.3 Å². The average Bonchev–Trinajstić information content (AvgIpc) is 2.71. The Labute approximate surface area is 177 Å². The van der Waals surface area contributed by atoms with Crippen LogP contribution >= 0.6 is 11.6 Å². The fourth-order valence-corrected chi connectivity index (χ4v) is 2.28. The van der Waals surface area contributed by atoms with Gasteiger partial charge >= 0.3 is 12.1 Å². The second-order valence-electron chi connectivity index (χ2n) is 5.50. The molecule has 14 heteroatoms. The molecule has 166 valence electrons. The molecule has 0 atom stereocenters. The van der Waals surface area contributed by atoms with Gasteiger partial charge in [-0.25, -0.2) is 9.78 Å². The fraction of sp³-hybridized carbons (Fsp3) is 0.235. The lowest BCUT2D eigenvalue weighted by atomic mass is 10.1. The Kier molecular flexibility index (Phi) is 7.58. The molecule has 0 unspecified atom stereocenters. The van der Waals surface area contributed by atoms with Crippen molar-refractivity contribution < 1.29 is 41.9 Å². The van der Waals surface area contributed by atoms with E-state index in [1.165, 1.54) is 6.07 Å². The molecule has 0 radical (unpaired) electrons. The summed E-state index contributed by atoms with van der Waals surface area (Å²) in [4.78, 5) is 29.9. The number of alkyl halides is 3. The number of rotatable bonds is 7. The molecule has 0 aliphatic carbocycles. The molecule has 1 heterocycles. The van der Waals surface area contributed by atoms with Crippen LogP contribution in [0.5, 0.6) is 11.6 Å². The van der Waals surface area contributed by atoms with Gasteiger partial charge in [-0.2, -0.15) is 13.2 Å². The number of esters is 1. The quantitative estimate of drug-likeness (QED) is 0.199. The van der Waals surface area contributed by atoms with Crippen molar-refractivity contribution in [2.24, 2.45) is 5.16 Å². The molecule has 0 N–H and O–H groups in total. The molecule has 0 bridgehead atoms. The Bertz CT molecular complexity index is 1010. The van der Waals surface area contributed by atoms with Crippen LogP contribution in [0.1, 0.15) is 11.1 Å². The minimum Gasteiger partial charge on any atom is -0.478 e. The van der Waals surface area contributed by atoms with E-state index in [9.17, 15) is 28.1 Å². The normalized spacial score (nSPS) is 11.6. The van der Waals surface area contributed by atoms with E-state index in [2.05, 4.69) is 14.9 Å². The zero-order valence-corrected chi connectivity index (χ0v) is 16.6. The number of ether oxygens (including phenoxy) is 3. The van der Waals surface area contributed by atoms with Crippen LogP contribution in [0.4, 0.5) is 18.9 Å². The van der Waals surface area contributed by atoms with Gasteiger partial charge in [-0.3, -0.25) is 10.1 Å².